The van der Waals surface area contributed by atoms with Gasteiger partial charge in [-0.15, -0.1) is 4.40 Å². The Morgan fingerprint density at radius 2 is 1.83 bits per heavy atom. The molecular formula is C17H17N5O6S. The molecule has 0 saturated carbocycles. The van der Waals surface area contributed by atoms with Crippen LogP contribution in [0, 0.1) is 10.1 Å². The SMILES string of the molecule is CN1C(N2CCN(C(=O)c3ccc([N+](=O)[O-])o3)CC2)=NS(=O)(=O)c2ccccc21. The van der Waals surface area contributed by atoms with Gasteiger partial charge in [-0.05, 0) is 18.2 Å². The lowest BCUT2D eigenvalue weighted by atomic mass is 10.2. The number of piperazine rings is 1. The third kappa shape index (κ3) is 3.31. The summed E-state index contributed by atoms with van der Waals surface area (Å²) in [5, 5.41) is 10.7. The number of furan rings is 1. The second kappa shape index (κ2) is 6.88. The number of guanidine groups is 1. The van der Waals surface area contributed by atoms with Crippen LogP contribution in [0.4, 0.5) is 11.6 Å². The smallest absolute Gasteiger partial charge is 0.395 e. The average Bonchev–Trinajstić information content (AvgIpc) is 3.21. The minimum absolute atomic E-state index is 0.103. The van der Waals surface area contributed by atoms with Crippen LogP contribution in [0.2, 0.25) is 0 Å². The Balaban J connectivity index is 1.49. The zero-order valence-corrected chi connectivity index (χ0v) is 16.2. The monoisotopic (exact) mass is 419 g/mol. The maximum Gasteiger partial charge on any atom is 0.433 e. The number of rotatable bonds is 2. The van der Waals surface area contributed by atoms with E-state index >= 15 is 0 Å². The van der Waals surface area contributed by atoms with Gasteiger partial charge in [0.2, 0.25) is 5.96 Å². The molecule has 2 aliphatic rings. The van der Waals surface area contributed by atoms with Crippen molar-refractivity contribution in [3.8, 4) is 0 Å². The van der Waals surface area contributed by atoms with Gasteiger partial charge in [-0.2, -0.15) is 8.42 Å². The largest absolute Gasteiger partial charge is 0.433 e. The zero-order valence-electron chi connectivity index (χ0n) is 15.4. The first-order valence-corrected chi connectivity index (χ1v) is 10.2. The highest BCUT2D eigenvalue weighted by molar-refractivity contribution is 7.90. The number of fused-ring (bicyclic) bond motifs is 1. The van der Waals surface area contributed by atoms with Crippen LogP contribution >= 0.6 is 0 Å². The van der Waals surface area contributed by atoms with Crippen molar-refractivity contribution in [3.63, 3.8) is 0 Å². The van der Waals surface area contributed by atoms with E-state index in [1.807, 2.05) is 0 Å². The number of anilines is 1. The lowest BCUT2D eigenvalue weighted by Gasteiger charge is -2.39. The molecule has 4 rings (SSSR count). The van der Waals surface area contributed by atoms with Crippen LogP contribution in [-0.2, 0) is 10.0 Å². The van der Waals surface area contributed by atoms with Gasteiger partial charge < -0.3 is 19.1 Å². The Bertz CT molecular complexity index is 1120. The highest BCUT2D eigenvalue weighted by atomic mass is 32.2. The molecule has 2 aromatic rings. The Hall–Kier alpha value is -3.41. The molecule has 1 aromatic heterocycles. The fraction of sp³-hybridized carbons (Fsp3) is 0.294. The molecule has 152 valence electrons. The van der Waals surface area contributed by atoms with Gasteiger partial charge >= 0.3 is 5.88 Å². The first-order chi connectivity index (χ1) is 13.8. The van der Waals surface area contributed by atoms with Gasteiger partial charge in [0.1, 0.15) is 9.82 Å². The molecule has 1 aromatic carbocycles. The van der Waals surface area contributed by atoms with E-state index in [2.05, 4.69) is 4.40 Å². The van der Waals surface area contributed by atoms with E-state index in [1.165, 1.54) is 17.0 Å². The van der Waals surface area contributed by atoms with Gasteiger partial charge in [0.05, 0.1) is 11.8 Å². The van der Waals surface area contributed by atoms with E-state index < -0.39 is 26.7 Å². The summed E-state index contributed by atoms with van der Waals surface area (Å²) in [6.07, 6.45) is 0. The van der Waals surface area contributed by atoms with Crippen molar-refractivity contribution in [1.29, 1.82) is 0 Å². The molecule has 0 radical (unpaired) electrons. The van der Waals surface area contributed by atoms with Crippen LogP contribution in [0.1, 0.15) is 10.6 Å². The molecule has 2 aliphatic heterocycles. The lowest BCUT2D eigenvalue weighted by Crippen LogP contribution is -2.55. The molecule has 12 heteroatoms. The topological polar surface area (TPSA) is 130 Å². The van der Waals surface area contributed by atoms with Gasteiger partial charge in [-0.3, -0.25) is 14.9 Å². The molecule has 1 fully saturated rings. The van der Waals surface area contributed by atoms with E-state index in [4.69, 9.17) is 4.42 Å². The zero-order chi connectivity index (χ0) is 20.8. The summed E-state index contributed by atoms with van der Waals surface area (Å²) >= 11 is 0. The van der Waals surface area contributed by atoms with Crippen LogP contribution in [0.5, 0.6) is 0 Å². The van der Waals surface area contributed by atoms with Crippen LogP contribution in [0.3, 0.4) is 0 Å². The summed E-state index contributed by atoms with van der Waals surface area (Å²) in [5.41, 5.74) is 0.541. The number of sulfonamides is 1. The molecule has 0 spiro atoms. The number of nitro groups is 1. The average molecular weight is 419 g/mol. The summed E-state index contributed by atoms with van der Waals surface area (Å²) in [5.74, 6) is -0.748. The summed E-state index contributed by atoms with van der Waals surface area (Å²) < 4.78 is 34.0. The summed E-state index contributed by atoms with van der Waals surface area (Å²) in [6.45, 7) is 1.30. The molecule has 0 bridgehead atoms. The molecule has 0 unspecified atom stereocenters. The van der Waals surface area contributed by atoms with Crippen LogP contribution in [0.25, 0.3) is 0 Å². The van der Waals surface area contributed by atoms with Crippen molar-refractivity contribution >= 4 is 33.5 Å². The normalized spacial score (nSPS) is 18.2. The molecule has 29 heavy (non-hydrogen) atoms. The van der Waals surface area contributed by atoms with Gasteiger partial charge in [-0.1, -0.05) is 12.1 Å². The fourth-order valence-electron chi connectivity index (χ4n) is 3.35. The van der Waals surface area contributed by atoms with Gasteiger partial charge in [0.15, 0.2) is 5.76 Å². The number of carbonyl (C=O) groups excluding carboxylic acids is 1. The predicted molar refractivity (Wildman–Crippen MR) is 102 cm³/mol. The Kier molecular flexibility index (Phi) is 4.49. The third-order valence-electron chi connectivity index (χ3n) is 4.84. The van der Waals surface area contributed by atoms with Crippen molar-refractivity contribution in [2.24, 2.45) is 4.40 Å². The van der Waals surface area contributed by atoms with Crippen molar-refractivity contribution < 1.29 is 22.6 Å². The summed E-state index contributed by atoms with van der Waals surface area (Å²) in [4.78, 5) is 27.7. The molecule has 0 aliphatic carbocycles. The molecule has 0 atom stereocenters. The Morgan fingerprint density at radius 1 is 1.14 bits per heavy atom. The Labute approximate surface area is 166 Å². The molecule has 3 heterocycles. The minimum atomic E-state index is -3.81. The van der Waals surface area contributed by atoms with E-state index in [9.17, 15) is 23.3 Å². The van der Waals surface area contributed by atoms with Gasteiger partial charge in [0.25, 0.3) is 15.9 Å². The predicted octanol–water partition coefficient (Wildman–Crippen LogP) is 1.14. The van der Waals surface area contributed by atoms with Crippen LogP contribution < -0.4 is 4.90 Å². The van der Waals surface area contributed by atoms with E-state index in [1.54, 1.807) is 35.0 Å². The number of carbonyl (C=O) groups is 1. The third-order valence-corrected chi connectivity index (χ3v) is 6.14. The van der Waals surface area contributed by atoms with E-state index in [0.29, 0.717) is 37.8 Å². The van der Waals surface area contributed by atoms with Crippen molar-refractivity contribution in [3.05, 3.63) is 52.3 Å². The second-order valence-corrected chi connectivity index (χ2v) is 8.14. The maximum atomic E-state index is 12.5. The highest BCUT2D eigenvalue weighted by Gasteiger charge is 2.34. The fourth-order valence-corrected chi connectivity index (χ4v) is 4.63. The molecule has 1 amide bonds. The number of hydrogen-bond donors (Lipinski definition) is 0. The number of para-hydroxylation sites is 1. The molecular weight excluding hydrogens is 402 g/mol. The minimum Gasteiger partial charge on any atom is -0.395 e. The molecule has 0 N–H and O–H groups in total. The highest BCUT2D eigenvalue weighted by Crippen LogP contribution is 2.31. The first-order valence-electron chi connectivity index (χ1n) is 8.74. The van der Waals surface area contributed by atoms with Gasteiger partial charge in [-0.25, -0.2) is 0 Å². The summed E-state index contributed by atoms with van der Waals surface area (Å²) in [7, 11) is -2.06. The number of benzene rings is 1. The summed E-state index contributed by atoms with van der Waals surface area (Å²) in [6, 6.07) is 9.04. The van der Waals surface area contributed by atoms with Gasteiger partial charge in [0, 0.05) is 33.2 Å². The number of amides is 1. The van der Waals surface area contributed by atoms with Crippen LogP contribution in [-0.4, -0.2) is 68.2 Å². The first kappa shape index (κ1) is 18.9. The Morgan fingerprint density at radius 3 is 2.48 bits per heavy atom. The number of nitrogens with zero attached hydrogens (tertiary/aromatic N) is 5. The number of hydrogen-bond acceptors (Lipinski definition) is 8. The van der Waals surface area contributed by atoms with E-state index in [0.717, 1.165) is 6.07 Å². The lowest BCUT2D eigenvalue weighted by molar-refractivity contribution is -0.402. The standard InChI is InChI=1S/C17H17N5O6S/c1-19-12-4-2-3-5-14(12)29(26,27)18-17(19)21-10-8-20(9-11-21)16(23)13-6-7-15(28-13)22(24)25/h2-7H,8-11H2,1H3. The van der Waals surface area contributed by atoms with Crippen LogP contribution in [0.15, 0.2) is 50.1 Å². The van der Waals surface area contributed by atoms with Crippen molar-refractivity contribution in [2.45, 2.75) is 4.90 Å². The maximum absolute atomic E-state index is 12.5. The molecule has 1 saturated heterocycles. The van der Waals surface area contributed by atoms with Crippen molar-refractivity contribution in [2.75, 3.05) is 38.1 Å². The second-order valence-electron chi connectivity index (χ2n) is 6.57. The van der Waals surface area contributed by atoms with Crippen molar-refractivity contribution in [1.82, 2.24) is 9.80 Å². The quantitative estimate of drug-likeness (QED) is 0.523. The molecule has 11 nitrogen and oxygen atoms in total. The van der Waals surface area contributed by atoms with E-state index in [-0.39, 0.29) is 10.7 Å².